The maximum atomic E-state index is 10.2. The van der Waals surface area contributed by atoms with Crippen LogP contribution in [-0.4, -0.2) is 36.6 Å². The van der Waals surface area contributed by atoms with Crippen LogP contribution in [-0.2, 0) is 11.3 Å². The van der Waals surface area contributed by atoms with Gasteiger partial charge in [0.1, 0.15) is 5.75 Å². The summed E-state index contributed by atoms with van der Waals surface area (Å²) in [6, 6.07) is 11.7. The van der Waals surface area contributed by atoms with Crippen LogP contribution in [0.25, 0.3) is 10.8 Å². The van der Waals surface area contributed by atoms with E-state index in [0.717, 1.165) is 35.7 Å². The highest BCUT2D eigenvalue weighted by atomic mass is 16.5. The first-order chi connectivity index (χ1) is 10.7. The summed E-state index contributed by atoms with van der Waals surface area (Å²) in [5.41, 5.74) is 0.816. The molecule has 0 aromatic heterocycles. The predicted octanol–water partition coefficient (Wildman–Crippen LogP) is 2.42. The van der Waals surface area contributed by atoms with Crippen molar-refractivity contribution < 1.29 is 14.9 Å². The molecule has 1 aliphatic rings. The highest BCUT2D eigenvalue weighted by Gasteiger charge is 2.31. The maximum absolute atomic E-state index is 10.2. The number of hydrogen-bond acceptors (Lipinski definition) is 4. The summed E-state index contributed by atoms with van der Waals surface area (Å²) in [4.78, 5) is 0. The Morgan fingerprint density at radius 2 is 1.86 bits per heavy atom. The fraction of sp³-hybridized carbons (Fsp3) is 0.444. The van der Waals surface area contributed by atoms with Crippen LogP contribution in [0.5, 0.6) is 5.75 Å². The lowest BCUT2D eigenvalue weighted by molar-refractivity contribution is -0.0154. The van der Waals surface area contributed by atoms with E-state index in [2.05, 4.69) is 5.32 Å². The lowest BCUT2D eigenvalue weighted by atomic mass is 9.81. The van der Waals surface area contributed by atoms with E-state index >= 15 is 0 Å². The minimum absolute atomic E-state index is 0.0988. The third-order valence-corrected chi connectivity index (χ3v) is 4.71. The van der Waals surface area contributed by atoms with E-state index in [9.17, 15) is 10.2 Å². The van der Waals surface area contributed by atoms with Gasteiger partial charge in [0.25, 0.3) is 0 Å². The fourth-order valence-electron chi connectivity index (χ4n) is 3.16. The van der Waals surface area contributed by atoms with Gasteiger partial charge in [0, 0.05) is 37.3 Å². The van der Waals surface area contributed by atoms with Crippen LogP contribution in [0.3, 0.4) is 0 Å². The summed E-state index contributed by atoms with van der Waals surface area (Å²) < 4.78 is 5.39. The van der Waals surface area contributed by atoms with Gasteiger partial charge in [0.05, 0.1) is 6.61 Å². The molecule has 0 unspecified atom stereocenters. The lowest BCUT2D eigenvalue weighted by Gasteiger charge is -2.35. The van der Waals surface area contributed by atoms with Crippen LogP contribution in [0, 0.1) is 5.41 Å². The predicted molar refractivity (Wildman–Crippen MR) is 86.9 cm³/mol. The quantitative estimate of drug-likeness (QED) is 0.794. The van der Waals surface area contributed by atoms with Gasteiger partial charge < -0.3 is 20.3 Å². The molecule has 2 aromatic rings. The van der Waals surface area contributed by atoms with Crippen LogP contribution in [0.1, 0.15) is 18.4 Å². The van der Waals surface area contributed by atoms with E-state index in [1.165, 1.54) is 0 Å². The van der Waals surface area contributed by atoms with Crippen molar-refractivity contribution in [3.63, 3.8) is 0 Å². The smallest absolute Gasteiger partial charge is 0.120 e. The van der Waals surface area contributed by atoms with E-state index in [4.69, 9.17) is 4.74 Å². The fourth-order valence-corrected chi connectivity index (χ4v) is 3.16. The van der Waals surface area contributed by atoms with Gasteiger partial charge in [-0.3, -0.25) is 0 Å². The zero-order valence-electron chi connectivity index (χ0n) is 12.7. The summed E-state index contributed by atoms with van der Waals surface area (Å²) in [6.07, 6.45) is 1.75. The first-order valence-electron chi connectivity index (χ1n) is 7.83. The second-order valence-corrected chi connectivity index (χ2v) is 6.16. The lowest BCUT2D eigenvalue weighted by Crippen LogP contribution is -2.41. The Morgan fingerprint density at radius 1 is 1.09 bits per heavy atom. The van der Waals surface area contributed by atoms with Crippen molar-refractivity contribution in [2.24, 2.45) is 5.41 Å². The molecule has 0 aliphatic carbocycles. The SMILES string of the molecule is OCC1(CNCc2c(O)ccc3ccccc23)CCOCC1. The number of phenolic OH excluding ortho intramolecular Hbond substituents is 1. The molecule has 1 heterocycles. The summed E-state index contributed by atoms with van der Waals surface area (Å²) in [5.74, 6) is 0.316. The largest absolute Gasteiger partial charge is 0.508 e. The Kier molecular flexibility index (Phi) is 4.62. The molecular weight excluding hydrogens is 278 g/mol. The zero-order valence-corrected chi connectivity index (χ0v) is 12.7. The number of benzene rings is 2. The van der Waals surface area contributed by atoms with E-state index in [1.807, 2.05) is 30.3 Å². The molecule has 2 aromatic carbocycles. The average Bonchev–Trinajstić information content (AvgIpc) is 2.58. The van der Waals surface area contributed by atoms with Crippen LogP contribution >= 0.6 is 0 Å². The summed E-state index contributed by atoms with van der Waals surface area (Å²) in [6.45, 7) is 2.92. The molecule has 1 fully saturated rings. The van der Waals surface area contributed by atoms with Crippen molar-refractivity contribution >= 4 is 10.8 Å². The molecule has 0 atom stereocenters. The Labute approximate surface area is 130 Å². The first kappa shape index (κ1) is 15.3. The Morgan fingerprint density at radius 3 is 2.64 bits per heavy atom. The molecule has 118 valence electrons. The van der Waals surface area contributed by atoms with Gasteiger partial charge in [-0.2, -0.15) is 0 Å². The standard InChI is InChI=1S/C18H23NO3/c20-13-18(7-9-22-10-8-18)12-19-11-16-15-4-2-1-3-14(15)5-6-17(16)21/h1-6,19-21H,7-13H2. The molecule has 0 bridgehead atoms. The third-order valence-electron chi connectivity index (χ3n) is 4.71. The number of aromatic hydroxyl groups is 1. The summed E-state index contributed by atoms with van der Waals surface area (Å²) in [5, 5.41) is 25.5. The highest BCUT2D eigenvalue weighted by Crippen LogP contribution is 2.30. The van der Waals surface area contributed by atoms with Gasteiger partial charge in [-0.25, -0.2) is 0 Å². The summed E-state index contributed by atoms with van der Waals surface area (Å²) >= 11 is 0. The number of phenols is 1. The number of ether oxygens (including phenoxy) is 1. The summed E-state index contributed by atoms with van der Waals surface area (Å²) in [7, 11) is 0. The van der Waals surface area contributed by atoms with Gasteiger partial charge in [-0.15, -0.1) is 0 Å². The molecule has 22 heavy (non-hydrogen) atoms. The molecule has 0 amide bonds. The van der Waals surface area contributed by atoms with Crippen molar-refractivity contribution in [1.29, 1.82) is 0 Å². The van der Waals surface area contributed by atoms with E-state index in [0.29, 0.717) is 25.5 Å². The van der Waals surface area contributed by atoms with Crippen molar-refractivity contribution in [3.8, 4) is 5.75 Å². The minimum atomic E-state index is -0.0988. The normalized spacial score (nSPS) is 17.7. The van der Waals surface area contributed by atoms with Crippen molar-refractivity contribution in [3.05, 3.63) is 42.0 Å². The molecule has 3 N–H and O–H groups in total. The molecule has 0 spiro atoms. The van der Waals surface area contributed by atoms with E-state index in [1.54, 1.807) is 6.07 Å². The van der Waals surface area contributed by atoms with Crippen LogP contribution in [0.15, 0.2) is 36.4 Å². The van der Waals surface area contributed by atoms with Crippen molar-refractivity contribution in [1.82, 2.24) is 5.32 Å². The van der Waals surface area contributed by atoms with Gasteiger partial charge in [-0.05, 0) is 29.7 Å². The van der Waals surface area contributed by atoms with E-state index in [-0.39, 0.29) is 12.0 Å². The second-order valence-electron chi connectivity index (χ2n) is 6.16. The molecule has 0 saturated carbocycles. The number of aliphatic hydroxyl groups is 1. The number of hydrogen-bond donors (Lipinski definition) is 3. The van der Waals surface area contributed by atoms with Crippen molar-refractivity contribution in [2.75, 3.05) is 26.4 Å². The van der Waals surface area contributed by atoms with Gasteiger partial charge >= 0.3 is 0 Å². The van der Waals surface area contributed by atoms with E-state index < -0.39 is 0 Å². The van der Waals surface area contributed by atoms with Gasteiger partial charge in [0.2, 0.25) is 0 Å². The average molecular weight is 301 g/mol. The molecule has 4 nitrogen and oxygen atoms in total. The first-order valence-corrected chi connectivity index (χ1v) is 7.83. The minimum Gasteiger partial charge on any atom is -0.508 e. The zero-order chi connectivity index (χ0) is 15.4. The van der Waals surface area contributed by atoms with Gasteiger partial charge in [-0.1, -0.05) is 30.3 Å². The number of rotatable bonds is 5. The second kappa shape index (κ2) is 6.65. The molecular formula is C18H23NO3. The molecule has 1 aliphatic heterocycles. The Balaban J connectivity index is 1.72. The maximum Gasteiger partial charge on any atom is 0.120 e. The van der Waals surface area contributed by atoms with Crippen LogP contribution < -0.4 is 5.32 Å². The monoisotopic (exact) mass is 301 g/mol. The van der Waals surface area contributed by atoms with Gasteiger partial charge in [0.15, 0.2) is 0 Å². The number of nitrogens with one attached hydrogen (secondary N) is 1. The van der Waals surface area contributed by atoms with Crippen molar-refractivity contribution in [2.45, 2.75) is 19.4 Å². The molecule has 0 radical (unpaired) electrons. The number of aliphatic hydroxyl groups excluding tert-OH is 1. The molecule has 3 rings (SSSR count). The van der Waals surface area contributed by atoms with Crippen LogP contribution in [0.4, 0.5) is 0 Å². The third kappa shape index (κ3) is 3.09. The number of fused-ring (bicyclic) bond motifs is 1. The Hall–Kier alpha value is -1.62. The Bertz CT molecular complexity index is 635. The topological polar surface area (TPSA) is 61.7 Å². The molecule has 4 heteroatoms. The highest BCUT2D eigenvalue weighted by molar-refractivity contribution is 5.87. The van der Waals surface area contributed by atoms with Crippen LogP contribution in [0.2, 0.25) is 0 Å². The molecule has 1 saturated heterocycles.